The second-order valence-corrected chi connectivity index (χ2v) is 6.38. The summed E-state index contributed by atoms with van der Waals surface area (Å²) < 4.78 is 0. The third-order valence-electron chi connectivity index (χ3n) is 4.57. The Morgan fingerprint density at radius 3 is 1.05 bits per heavy atom. The molecule has 4 heteroatoms. The van der Waals surface area contributed by atoms with Crippen LogP contribution in [0.2, 0.25) is 0 Å². The van der Waals surface area contributed by atoms with E-state index in [4.69, 9.17) is 0 Å². The van der Waals surface area contributed by atoms with E-state index in [2.05, 4.69) is 25.7 Å². The molecule has 0 aromatic heterocycles. The van der Waals surface area contributed by atoms with E-state index in [-0.39, 0.29) is 37.9 Å². The Morgan fingerprint density at radius 2 is 0.864 bits per heavy atom. The van der Waals surface area contributed by atoms with Crippen molar-refractivity contribution in [1.29, 1.82) is 0 Å². The van der Waals surface area contributed by atoms with Gasteiger partial charge in [-0.25, -0.2) is 0 Å². The topological polar surface area (TPSA) is 63.9 Å². The van der Waals surface area contributed by atoms with Crippen LogP contribution in [0.15, 0.2) is 0 Å². The number of hydrogen-bond acceptors (Lipinski definition) is 4. The van der Waals surface area contributed by atoms with Crippen molar-refractivity contribution in [1.82, 2.24) is 4.90 Å². The SMILES string of the molecule is CCCCC(CO)N(C(CO)CCCC)C(CO)CCCC. The van der Waals surface area contributed by atoms with Crippen molar-refractivity contribution in [3.05, 3.63) is 0 Å². The van der Waals surface area contributed by atoms with E-state index in [0.29, 0.717) is 0 Å². The van der Waals surface area contributed by atoms with Gasteiger partial charge in [0.1, 0.15) is 0 Å². The van der Waals surface area contributed by atoms with E-state index in [9.17, 15) is 15.3 Å². The van der Waals surface area contributed by atoms with Gasteiger partial charge in [-0.3, -0.25) is 4.90 Å². The van der Waals surface area contributed by atoms with Gasteiger partial charge in [0.15, 0.2) is 0 Å². The van der Waals surface area contributed by atoms with Crippen molar-refractivity contribution in [2.45, 2.75) is 96.7 Å². The minimum absolute atomic E-state index is 0.0444. The molecule has 0 aliphatic rings. The zero-order valence-electron chi connectivity index (χ0n) is 15.0. The van der Waals surface area contributed by atoms with Crippen molar-refractivity contribution in [3.8, 4) is 0 Å². The summed E-state index contributed by atoms with van der Waals surface area (Å²) in [6, 6.07) is 0.133. The van der Waals surface area contributed by atoms with Crippen LogP contribution in [-0.2, 0) is 0 Å². The highest BCUT2D eigenvalue weighted by molar-refractivity contribution is 4.85. The van der Waals surface area contributed by atoms with Gasteiger partial charge in [-0.1, -0.05) is 59.3 Å². The first-order chi connectivity index (χ1) is 10.7. The summed E-state index contributed by atoms with van der Waals surface area (Å²) in [6.45, 7) is 6.77. The molecule has 0 aliphatic heterocycles. The van der Waals surface area contributed by atoms with E-state index in [0.717, 1.165) is 57.8 Å². The molecular formula is C18H39NO3. The normalized spacial score (nSPS) is 16.0. The maximum absolute atomic E-state index is 9.86. The zero-order chi connectivity index (χ0) is 16.8. The van der Waals surface area contributed by atoms with Gasteiger partial charge in [0.25, 0.3) is 0 Å². The Hall–Kier alpha value is -0.160. The number of aliphatic hydroxyl groups excluding tert-OH is 3. The predicted octanol–water partition coefficient (Wildman–Crippen LogP) is 2.94. The van der Waals surface area contributed by atoms with E-state index in [1.54, 1.807) is 0 Å². The average Bonchev–Trinajstić information content (AvgIpc) is 2.55. The lowest BCUT2D eigenvalue weighted by Crippen LogP contribution is -2.53. The zero-order valence-corrected chi connectivity index (χ0v) is 15.0. The molecule has 0 spiro atoms. The molecule has 0 fully saturated rings. The molecule has 22 heavy (non-hydrogen) atoms. The van der Waals surface area contributed by atoms with Crippen molar-refractivity contribution in [2.75, 3.05) is 19.8 Å². The Bertz CT molecular complexity index is 200. The fourth-order valence-electron chi connectivity index (χ4n) is 3.22. The molecule has 0 rings (SSSR count). The average molecular weight is 318 g/mol. The summed E-state index contributed by atoms with van der Waals surface area (Å²) in [7, 11) is 0. The number of rotatable bonds is 15. The number of nitrogens with zero attached hydrogens (tertiary/aromatic N) is 1. The summed E-state index contributed by atoms with van der Waals surface area (Å²) in [5, 5.41) is 29.6. The minimum Gasteiger partial charge on any atom is -0.395 e. The molecule has 3 N–H and O–H groups in total. The molecule has 0 radical (unpaired) electrons. The van der Waals surface area contributed by atoms with Gasteiger partial charge in [-0.2, -0.15) is 0 Å². The lowest BCUT2D eigenvalue weighted by molar-refractivity contribution is -0.0136. The van der Waals surface area contributed by atoms with Gasteiger partial charge in [0.05, 0.1) is 19.8 Å². The Labute approximate surface area is 137 Å². The lowest BCUT2D eigenvalue weighted by Gasteiger charge is -2.42. The molecular weight excluding hydrogens is 278 g/mol. The summed E-state index contributed by atoms with van der Waals surface area (Å²) in [6.07, 6.45) is 9.29. The van der Waals surface area contributed by atoms with Crippen molar-refractivity contribution < 1.29 is 15.3 Å². The first kappa shape index (κ1) is 21.8. The highest BCUT2D eigenvalue weighted by Crippen LogP contribution is 2.22. The van der Waals surface area contributed by atoms with E-state index >= 15 is 0 Å². The van der Waals surface area contributed by atoms with Crippen LogP contribution in [0.3, 0.4) is 0 Å². The van der Waals surface area contributed by atoms with E-state index in [1.807, 2.05) is 0 Å². The molecule has 134 valence electrons. The van der Waals surface area contributed by atoms with Gasteiger partial charge in [-0.15, -0.1) is 0 Å². The van der Waals surface area contributed by atoms with Gasteiger partial charge >= 0.3 is 0 Å². The van der Waals surface area contributed by atoms with Crippen molar-refractivity contribution in [2.24, 2.45) is 0 Å². The van der Waals surface area contributed by atoms with Crippen LogP contribution in [0.4, 0.5) is 0 Å². The molecule has 0 bridgehead atoms. The standard InChI is InChI=1S/C18H39NO3/c1-4-7-10-16(13-20)19(17(14-21)11-8-5-2)18(15-22)12-9-6-3/h16-18,20-22H,4-15H2,1-3H3. The molecule has 0 saturated heterocycles. The van der Waals surface area contributed by atoms with Crippen LogP contribution in [0, 0.1) is 0 Å². The summed E-state index contributed by atoms with van der Waals surface area (Å²) >= 11 is 0. The Morgan fingerprint density at radius 1 is 0.591 bits per heavy atom. The molecule has 0 aromatic carbocycles. The summed E-state index contributed by atoms with van der Waals surface area (Å²) in [4.78, 5) is 2.24. The van der Waals surface area contributed by atoms with Crippen LogP contribution >= 0.6 is 0 Å². The third kappa shape index (κ3) is 7.91. The monoisotopic (exact) mass is 317 g/mol. The Kier molecular flexibility index (Phi) is 14.3. The van der Waals surface area contributed by atoms with Crippen LogP contribution in [-0.4, -0.2) is 58.2 Å². The van der Waals surface area contributed by atoms with Crippen LogP contribution in [0.1, 0.15) is 78.6 Å². The highest BCUT2D eigenvalue weighted by atomic mass is 16.3. The van der Waals surface area contributed by atoms with Gasteiger partial charge in [0.2, 0.25) is 0 Å². The van der Waals surface area contributed by atoms with Gasteiger partial charge in [-0.05, 0) is 19.3 Å². The molecule has 0 aliphatic carbocycles. The summed E-state index contributed by atoms with van der Waals surface area (Å²) in [5.41, 5.74) is 0. The quantitative estimate of drug-likeness (QED) is 0.434. The second-order valence-electron chi connectivity index (χ2n) is 6.38. The van der Waals surface area contributed by atoms with E-state index < -0.39 is 0 Å². The second kappa shape index (κ2) is 14.4. The molecule has 3 unspecified atom stereocenters. The van der Waals surface area contributed by atoms with Crippen molar-refractivity contribution in [3.63, 3.8) is 0 Å². The molecule has 0 heterocycles. The maximum atomic E-state index is 9.86. The molecule has 4 nitrogen and oxygen atoms in total. The van der Waals surface area contributed by atoms with Crippen LogP contribution in [0.25, 0.3) is 0 Å². The lowest BCUT2D eigenvalue weighted by atomic mass is 9.98. The fourth-order valence-corrected chi connectivity index (χ4v) is 3.22. The van der Waals surface area contributed by atoms with Crippen LogP contribution in [0.5, 0.6) is 0 Å². The van der Waals surface area contributed by atoms with Crippen molar-refractivity contribution >= 4 is 0 Å². The van der Waals surface area contributed by atoms with E-state index in [1.165, 1.54) is 0 Å². The number of aliphatic hydroxyl groups is 3. The highest BCUT2D eigenvalue weighted by Gasteiger charge is 2.30. The first-order valence-electron chi connectivity index (χ1n) is 9.29. The van der Waals surface area contributed by atoms with Gasteiger partial charge in [0, 0.05) is 18.1 Å². The maximum Gasteiger partial charge on any atom is 0.0587 e. The summed E-state index contributed by atoms with van der Waals surface area (Å²) in [5.74, 6) is 0. The number of hydrogen-bond donors (Lipinski definition) is 3. The molecule has 0 aromatic rings. The third-order valence-corrected chi connectivity index (χ3v) is 4.57. The number of unbranched alkanes of at least 4 members (excludes halogenated alkanes) is 3. The molecule has 0 saturated carbocycles. The predicted molar refractivity (Wildman–Crippen MR) is 93.0 cm³/mol. The van der Waals surface area contributed by atoms with Crippen LogP contribution < -0.4 is 0 Å². The molecule has 0 amide bonds. The largest absolute Gasteiger partial charge is 0.395 e. The van der Waals surface area contributed by atoms with Gasteiger partial charge < -0.3 is 15.3 Å². The smallest absolute Gasteiger partial charge is 0.0587 e. The minimum atomic E-state index is 0.0444. The first-order valence-corrected chi connectivity index (χ1v) is 9.29. The fraction of sp³-hybridized carbons (Fsp3) is 1.00. The molecule has 3 atom stereocenters. The Balaban J connectivity index is 5.11.